The molecular formula is C12H19N7S. The smallest absolute Gasteiger partial charge is 0.245 e. The molecule has 2 aromatic heterocycles. The molecule has 108 valence electrons. The third-order valence-electron chi connectivity index (χ3n) is 3.81. The van der Waals surface area contributed by atoms with Gasteiger partial charge in [0, 0.05) is 13.1 Å². The molecule has 3 heterocycles. The maximum atomic E-state index is 5.72. The molecule has 20 heavy (non-hydrogen) atoms. The van der Waals surface area contributed by atoms with Crippen LogP contribution in [0, 0.1) is 5.92 Å². The molecule has 1 saturated heterocycles. The van der Waals surface area contributed by atoms with E-state index in [4.69, 9.17) is 5.73 Å². The quantitative estimate of drug-likeness (QED) is 0.875. The van der Waals surface area contributed by atoms with Gasteiger partial charge in [0.1, 0.15) is 4.88 Å². The minimum atomic E-state index is 0.641. The van der Waals surface area contributed by atoms with Gasteiger partial charge in [0.2, 0.25) is 5.95 Å². The van der Waals surface area contributed by atoms with Crippen LogP contribution in [0.2, 0.25) is 0 Å². The zero-order chi connectivity index (χ0) is 13.9. The first kappa shape index (κ1) is 13.4. The Morgan fingerprint density at radius 1 is 1.40 bits per heavy atom. The van der Waals surface area contributed by atoms with Crippen molar-refractivity contribution in [2.75, 3.05) is 24.5 Å². The SMILES string of the molecule is CCc1nnsc1-c1nc(N2CCC(CN)CC2)n[nH]1. The minimum Gasteiger partial charge on any atom is -0.340 e. The van der Waals surface area contributed by atoms with E-state index in [-0.39, 0.29) is 0 Å². The van der Waals surface area contributed by atoms with Gasteiger partial charge >= 0.3 is 0 Å². The topological polar surface area (TPSA) is 96.6 Å². The molecule has 2 aromatic rings. The number of anilines is 1. The van der Waals surface area contributed by atoms with Gasteiger partial charge < -0.3 is 10.6 Å². The number of nitrogens with zero attached hydrogens (tertiary/aromatic N) is 5. The molecule has 8 heteroatoms. The normalized spacial score (nSPS) is 16.8. The predicted octanol–water partition coefficient (Wildman–Crippen LogP) is 1.06. The van der Waals surface area contributed by atoms with Crippen LogP contribution in [0.25, 0.3) is 10.7 Å². The van der Waals surface area contributed by atoms with Crippen LogP contribution in [-0.2, 0) is 6.42 Å². The standard InChI is InChI=1S/C12H19N7S/c1-2-9-10(20-18-15-9)11-14-12(17-16-11)19-5-3-8(7-13)4-6-19/h8H,2-7,13H2,1H3,(H,14,16,17). The van der Waals surface area contributed by atoms with E-state index in [0.717, 1.165) is 61.2 Å². The lowest BCUT2D eigenvalue weighted by Crippen LogP contribution is -2.36. The first-order valence-electron chi connectivity index (χ1n) is 7.00. The lowest BCUT2D eigenvalue weighted by molar-refractivity contribution is 0.411. The Labute approximate surface area is 121 Å². The van der Waals surface area contributed by atoms with Crippen molar-refractivity contribution in [1.29, 1.82) is 0 Å². The summed E-state index contributed by atoms with van der Waals surface area (Å²) in [7, 11) is 0. The maximum Gasteiger partial charge on any atom is 0.245 e. The number of aromatic nitrogens is 5. The lowest BCUT2D eigenvalue weighted by atomic mass is 9.97. The van der Waals surface area contributed by atoms with Crippen LogP contribution >= 0.6 is 11.5 Å². The molecule has 0 aromatic carbocycles. The molecule has 1 fully saturated rings. The number of piperidine rings is 1. The Morgan fingerprint density at radius 2 is 2.20 bits per heavy atom. The number of H-pyrrole nitrogens is 1. The molecule has 0 aliphatic carbocycles. The molecule has 1 aliphatic rings. The summed E-state index contributed by atoms with van der Waals surface area (Å²) in [6.07, 6.45) is 3.08. The monoisotopic (exact) mass is 293 g/mol. The highest BCUT2D eigenvalue weighted by Crippen LogP contribution is 2.26. The summed E-state index contributed by atoms with van der Waals surface area (Å²) in [4.78, 5) is 7.80. The van der Waals surface area contributed by atoms with Crippen LogP contribution in [0.5, 0.6) is 0 Å². The van der Waals surface area contributed by atoms with Crippen LogP contribution in [-0.4, -0.2) is 44.4 Å². The fraction of sp³-hybridized carbons (Fsp3) is 0.667. The van der Waals surface area contributed by atoms with E-state index in [1.54, 1.807) is 0 Å². The van der Waals surface area contributed by atoms with Crippen molar-refractivity contribution in [1.82, 2.24) is 24.8 Å². The minimum absolute atomic E-state index is 0.641. The number of hydrogen-bond acceptors (Lipinski definition) is 7. The second-order valence-electron chi connectivity index (χ2n) is 5.05. The fourth-order valence-corrected chi connectivity index (χ4v) is 3.17. The third-order valence-corrected chi connectivity index (χ3v) is 4.58. The number of rotatable bonds is 4. The Hall–Kier alpha value is -1.54. The van der Waals surface area contributed by atoms with E-state index >= 15 is 0 Å². The van der Waals surface area contributed by atoms with Gasteiger partial charge in [-0.3, -0.25) is 5.10 Å². The summed E-state index contributed by atoms with van der Waals surface area (Å²) < 4.78 is 3.99. The van der Waals surface area contributed by atoms with Crippen LogP contribution < -0.4 is 10.6 Å². The Balaban J connectivity index is 1.74. The molecule has 0 saturated carbocycles. The average Bonchev–Trinajstić information content (AvgIpc) is 3.15. The van der Waals surface area contributed by atoms with Crippen LogP contribution in [0.15, 0.2) is 0 Å². The summed E-state index contributed by atoms with van der Waals surface area (Å²) in [6, 6.07) is 0. The summed E-state index contributed by atoms with van der Waals surface area (Å²) in [5.74, 6) is 2.18. The second kappa shape index (κ2) is 5.84. The lowest BCUT2D eigenvalue weighted by Gasteiger charge is -2.30. The van der Waals surface area contributed by atoms with E-state index in [9.17, 15) is 0 Å². The molecule has 0 unspecified atom stereocenters. The molecule has 0 radical (unpaired) electrons. The van der Waals surface area contributed by atoms with Gasteiger partial charge in [0.05, 0.1) is 5.69 Å². The summed E-state index contributed by atoms with van der Waals surface area (Å²) >= 11 is 1.36. The Kier molecular flexibility index (Phi) is 3.93. The zero-order valence-electron chi connectivity index (χ0n) is 11.5. The van der Waals surface area contributed by atoms with Crippen molar-refractivity contribution >= 4 is 17.5 Å². The van der Waals surface area contributed by atoms with Gasteiger partial charge in [-0.05, 0) is 43.3 Å². The fourth-order valence-electron chi connectivity index (χ4n) is 2.48. The molecule has 7 nitrogen and oxygen atoms in total. The molecule has 0 bridgehead atoms. The third kappa shape index (κ3) is 2.53. The molecule has 0 atom stereocenters. The van der Waals surface area contributed by atoms with Crippen LogP contribution in [0.4, 0.5) is 5.95 Å². The number of aromatic amines is 1. The largest absolute Gasteiger partial charge is 0.340 e. The number of hydrogen-bond donors (Lipinski definition) is 2. The Bertz CT molecular complexity index is 556. The van der Waals surface area contributed by atoms with Gasteiger partial charge in [0.25, 0.3) is 0 Å². The van der Waals surface area contributed by atoms with Crippen LogP contribution in [0.3, 0.4) is 0 Å². The molecular weight excluding hydrogens is 274 g/mol. The van der Waals surface area contributed by atoms with E-state index in [1.807, 2.05) is 0 Å². The molecule has 0 spiro atoms. The maximum absolute atomic E-state index is 5.72. The first-order chi connectivity index (χ1) is 9.81. The number of aryl methyl sites for hydroxylation is 1. The van der Waals surface area contributed by atoms with Crippen LogP contribution in [0.1, 0.15) is 25.5 Å². The van der Waals surface area contributed by atoms with E-state index in [1.165, 1.54) is 11.5 Å². The molecule has 0 amide bonds. The highest BCUT2D eigenvalue weighted by molar-refractivity contribution is 7.09. The van der Waals surface area contributed by atoms with Crippen molar-refractivity contribution < 1.29 is 0 Å². The van der Waals surface area contributed by atoms with Gasteiger partial charge in [-0.1, -0.05) is 11.4 Å². The van der Waals surface area contributed by atoms with E-state index in [0.29, 0.717) is 5.92 Å². The highest BCUT2D eigenvalue weighted by atomic mass is 32.1. The molecule has 3 rings (SSSR count). The van der Waals surface area contributed by atoms with Gasteiger partial charge in [-0.25, -0.2) is 0 Å². The average molecular weight is 293 g/mol. The number of nitrogens with one attached hydrogen (secondary N) is 1. The summed E-state index contributed by atoms with van der Waals surface area (Å²) in [5, 5.41) is 11.4. The van der Waals surface area contributed by atoms with E-state index in [2.05, 4.69) is 36.6 Å². The van der Waals surface area contributed by atoms with Gasteiger partial charge in [-0.2, -0.15) is 4.98 Å². The van der Waals surface area contributed by atoms with Crippen molar-refractivity contribution in [2.24, 2.45) is 11.7 Å². The highest BCUT2D eigenvalue weighted by Gasteiger charge is 2.22. The molecule has 1 aliphatic heterocycles. The Morgan fingerprint density at radius 3 is 2.90 bits per heavy atom. The van der Waals surface area contributed by atoms with Crippen molar-refractivity contribution in [3.63, 3.8) is 0 Å². The summed E-state index contributed by atoms with van der Waals surface area (Å²) in [6.45, 7) is 4.79. The number of nitrogens with two attached hydrogens (primary N) is 1. The summed E-state index contributed by atoms with van der Waals surface area (Å²) in [5.41, 5.74) is 6.69. The van der Waals surface area contributed by atoms with Crippen molar-refractivity contribution in [3.8, 4) is 10.7 Å². The van der Waals surface area contributed by atoms with Crippen molar-refractivity contribution in [2.45, 2.75) is 26.2 Å². The first-order valence-corrected chi connectivity index (χ1v) is 7.78. The predicted molar refractivity (Wildman–Crippen MR) is 78.7 cm³/mol. The van der Waals surface area contributed by atoms with Crippen molar-refractivity contribution in [3.05, 3.63) is 5.69 Å². The zero-order valence-corrected chi connectivity index (χ0v) is 12.4. The van der Waals surface area contributed by atoms with Gasteiger partial charge in [0.15, 0.2) is 5.82 Å². The molecule has 3 N–H and O–H groups in total. The second-order valence-corrected chi connectivity index (χ2v) is 5.81. The van der Waals surface area contributed by atoms with E-state index < -0.39 is 0 Å². The van der Waals surface area contributed by atoms with Gasteiger partial charge in [-0.15, -0.1) is 10.2 Å².